The maximum Gasteiger partial charge on any atom is 0.237 e. The van der Waals surface area contributed by atoms with E-state index in [9.17, 15) is 0 Å². The van der Waals surface area contributed by atoms with E-state index in [4.69, 9.17) is 18.7 Å². The number of hydrogen-bond acceptors (Lipinski definition) is 9. The third-order valence-corrected chi connectivity index (χ3v) is 6.60. The number of benzene rings is 3. The van der Waals surface area contributed by atoms with Gasteiger partial charge in [0, 0.05) is 11.1 Å². The lowest BCUT2D eigenvalue weighted by Gasteiger charge is -2.10. The summed E-state index contributed by atoms with van der Waals surface area (Å²) in [6.45, 7) is 0.804. The molecule has 0 N–H and O–H groups in total. The average molecular weight is 500 g/mol. The van der Waals surface area contributed by atoms with E-state index in [2.05, 4.69) is 24.9 Å². The van der Waals surface area contributed by atoms with E-state index in [1.54, 1.807) is 7.11 Å². The molecule has 1 aliphatic rings. The van der Waals surface area contributed by atoms with Gasteiger partial charge in [-0.3, -0.25) is 4.57 Å². The molecule has 2 aromatic heterocycles. The van der Waals surface area contributed by atoms with Gasteiger partial charge >= 0.3 is 0 Å². The zero-order valence-electron chi connectivity index (χ0n) is 19.3. The second-order valence-corrected chi connectivity index (χ2v) is 8.92. The Morgan fingerprint density at radius 3 is 2.67 bits per heavy atom. The van der Waals surface area contributed by atoms with Gasteiger partial charge in [0.05, 0.1) is 19.4 Å². The number of thioether (sulfide) groups is 1. The quantitative estimate of drug-likeness (QED) is 0.271. The SMILES string of the molecule is COc1cccc(-c2noc(CSc3nnc(-c4ccccc4)n3Cc3ccc4c(c3)OCO4)n2)c1. The molecule has 9 nitrogen and oxygen atoms in total. The molecule has 3 heterocycles. The Morgan fingerprint density at radius 2 is 1.78 bits per heavy atom. The van der Waals surface area contributed by atoms with Crippen molar-refractivity contribution in [3.8, 4) is 40.0 Å². The summed E-state index contributed by atoms with van der Waals surface area (Å²) in [7, 11) is 1.63. The van der Waals surface area contributed by atoms with Crippen LogP contribution >= 0.6 is 11.8 Å². The molecule has 0 radical (unpaired) electrons. The minimum absolute atomic E-state index is 0.240. The standard InChI is InChI=1S/C26H21N5O4S/c1-32-20-9-5-8-19(13-20)24-27-23(35-30-24)15-36-26-29-28-25(18-6-3-2-4-7-18)31(26)14-17-10-11-21-22(12-17)34-16-33-21/h2-13H,14-16H2,1H3. The van der Waals surface area contributed by atoms with Gasteiger partial charge in [-0.1, -0.05) is 65.4 Å². The average Bonchev–Trinajstić information content (AvgIpc) is 3.68. The van der Waals surface area contributed by atoms with Crippen LogP contribution in [0.5, 0.6) is 17.2 Å². The molecular formula is C26H21N5O4S. The number of methoxy groups -OCH3 is 1. The van der Waals surface area contributed by atoms with Gasteiger partial charge in [0.2, 0.25) is 18.5 Å². The van der Waals surface area contributed by atoms with E-state index < -0.39 is 0 Å². The number of nitrogens with zero attached hydrogens (tertiary/aromatic N) is 5. The van der Waals surface area contributed by atoms with Crippen LogP contribution in [0.1, 0.15) is 11.5 Å². The monoisotopic (exact) mass is 499 g/mol. The molecule has 0 spiro atoms. The van der Waals surface area contributed by atoms with Gasteiger partial charge in [0.25, 0.3) is 0 Å². The summed E-state index contributed by atoms with van der Waals surface area (Å²) in [6, 6.07) is 23.5. The van der Waals surface area contributed by atoms with Crippen molar-refractivity contribution in [2.24, 2.45) is 0 Å². The molecule has 0 unspecified atom stereocenters. The van der Waals surface area contributed by atoms with Crippen LogP contribution in [0.3, 0.4) is 0 Å². The molecule has 180 valence electrons. The van der Waals surface area contributed by atoms with Crippen molar-refractivity contribution in [1.29, 1.82) is 0 Å². The van der Waals surface area contributed by atoms with E-state index in [1.807, 2.05) is 72.8 Å². The first-order valence-electron chi connectivity index (χ1n) is 11.2. The summed E-state index contributed by atoms with van der Waals surface area (Å²) in [5.41, 5.74) is 2.86. The lowest BCUT2D eigenvalue weighted by Crippen LogP contribution is -2.04. The maximum absolute atomic E-state index is 5.56. The van der Waals surface area contributed by atoms with Crippen molar-refractivity contribution < 1.29 is 18.7 Å². The van der Waals surface area contributed by atoms with Crippen molar-refractivity contribution in [2.45, 2.75) is 17.5 Å². The van der Waals surface area contributed by atoms with E-state index in [1.165, 1.54) is 11.8 Å². The van der Waals surface area contributed by atoms with E-state index >= 15 is 0 Å². The Kier molecular flexibility index (Phi) is 6.00. The van der Waals surface area contributed by atoms with Crippen LogP contribution in [-0.4, -0.2) is 38.8 Å². The number of aromatic nitrogens is 5. The Balaban J connectivity index is 1.26. The number of rotatable bonds is 8. The van der Waals surface area contributed by atoms with Gasteiger partial charge in [0.15, 0.2) is 22.5 Å². The molecule has 0 amide bonds. The Labute approximate surface area is 211 Å². The van der Waals surface area contributed by atoms with Crippen LogP contribution in [-0.2, 0) is 12.3 Å². The van der Waals surface area contributed by atoms with Crippen LogP contribution in [0, 0.1) is 0 Å². The molecule has 0 fully saturated rings. The zero-order valence-corrected chi connectivity index (χ0v) is 20.1. The summed E-state index contributed by atoms with van der Waals surface area (Å²) >= 11 is 1.49. The number of hydrogen-bond donors (Lipinski definition) is 0. The second-order valence-electron chi connectivity index (χ2n) is 7.98. The number of fused-ring (bicyclic) bond motifs is 1. The molecule has 5 aromatic rings. The highest BCUT2D eigenvalue weighted by molar-refractivity contribution is 7.98. The van der Waals surface area contributed by atoms with Crippen LogP contribution in [0.2, 0.25) is 0 Å². The first kappa shape index (κ1) is 22.2. The summed E-state index contributed by atoms with van der Waals surface area (Å²) in [5.74, 6) is 4.46. The van der Waals surface area contributed by atoms with Gasteiger partial charge in [-0.05, 0) is 29.8 Å². The Hall–Kier alpha value is -4.31. The van der Waals surface area contributed by atoms with Crippen molar-refractivity contribution in [3.05, 3.63) is 84.3 Å². The molecule has 1 aliphatic heterocycles. The van der Waals surface area contributed by atoms with Gasteiger partial charge < -0.3 is 18.7 Å². The second kappa shape index (κ2) is 9.74. The summed E-state index contributed by atoms with van der Waals surface area (Å²) < 4.78 is 23.9. The van der Waals surface area contributed by atoms with Crippen molar-refractivity contribution >= 4 is 11.8 Å². The maximum atomic E-state index is 5.56. The molecule has 0 atom stereocenters. The molecule has 10 heteroatoms. The van der Waals surface area contributed by atoms with Crippen LogP contribution in [0.25, 0.3) is 22.8 Å². The van der Waals surface area contributed by atoms with Gasteiger partial charge in [0.1, 0.15) is 5.75 Å². The highest BCUT2D eigenvalue weighted by Crippen LogP contribution is 2.34. The van der Waals surface area contributed by atoms with E-state index in [-0.39, 0.29) is 6.79 Å². The summed E-state index contributed by atoms with van der Waals surface area (Å²) in [5, 5.41) is 13.8. The van der Waals surface area contributed by atoms with Gasteiger partial charge in [-0.15, -0.1) is 10.2 Å². The van der Waals surface area contributed by atoms with Gasteiger partial charge in [-0.25, -0.2) is 0 Å². The molecule has 0 aliphatic carbocycles. The van der Waals surface area contributed by atoms with Crippen molar-refractivity contribution in [1.82, 2.24) is 24.9 Å². The first-order valence-corrected chi connectivity index (χ1v) is 12.2. The smallest absolute Gasteiger partial charge is 0.237 e. The molecule has 36 heavy (non-hydrogen) atoms. The fourth-order valence-corrected chi connectivity index (χ4v) is 4.66. The third kappa shape index (κ3) is 4.50. The highest BCUT2D eigenvalue weighted by atomic mass is 32.2. The Morgan fingerprint density at radius 1 is 0.917 bits per heavy atom. The van der Waals surface area contributed by atoms with E-state index in [0.29, 0.717) is 24.0 Å². The molecule has 0 saturated heterocycles. The largest absolute Gasteiger partial charge is 0.497 e. The van der Waals surface area contributed by atoms with E-state index in [0.717, 1.165) is 44.9 Å². The topological polar surface area (TPSA) is 97.3 Å². The fourth-order valence-electron chi connectivity index (χ4n) is 3.88. The fraction of sp³-hybridized carbons (Fsp3) is 0.154. The van der Waals surface area contributed by atoms with Crippen molar-refractivity contribution in [3.63, 3.8) is 0 Å². The zero-order chi connectivity index (χ0) is 24.3. The predicted molar refractivity (Wildman–Crippen MR) is 133 cm³/mol. The predicted octanol–water partition coefficient (Wildman–Crippen LogP) is 5.07. The molecule has 0 bridgehead atoms. The summed E-state index contributed by atoms with van der Waals surface area (Å²) in [4.78, 5) is 4.55. The lowest BCUT2D eigenvalue weighted by molar-refractivity contribution is 0.174. The van der Waals surface area contributed by atoms with Crippen molar-refractivity contribution in [2.75, 3.05) is 13.9 Å². The van der Waals surface area contributed by atoms with Crippen LogP contribution in [0.4, 0.5) is 0 Å². The number of ether oxygens (including phenoxy) is 3. The molecular weight excluding hydrogens is 478 g/mol. The molecule has 6 rings (SSSR count). The molecule has 0 saturated carbocycles. The lowest BCUT2D eigenvalue weighted by atomic mass is 10.2. The molecule has 3 aromatic carbocycles. The minimum atomic E-state index is 0.240. The highest BCUT2D eigenvalue weighted by Gasteiger charge is 2.19. The van der Waals surface area contributed by atoms with Crippen LogP contribution in [0.15, 0.2) is 82.5 Å². The minimum Gasteiger partial charge on any atom is -0.497 e. The summed E-state index contributed by atoms with van der Waals surface area (Å²) in [6.07, 6.45) is 0. The Bertz CT molecular complexity index is 1500. The van der Waals surface area contributed by atoms with Crippen LogP contribution < -0.4 is 14.2 Å². The first-order chi connectivity index (χ1) is 17.8. The third-order valence-electron chi connectivity index (χ3n) is 5.65. The van der Waals surface area contributed by atoms with Gasteiger partial charge in [-0.2, -0.15) is 4.98 Å². The normalized spacial score (nSPS) is 12.1.